The molecule has 0 aliphatic heterocycles. The van der Waals surface area contributed by atoms with Crippen LogP contribution in [0.3, 0.4) is 0 Å². The van der Waals surface area contributed by atoms with Gasteiger partial charge in [0.2, 0.25) is 0 Å². The minimum atomic E-state index is -1.06. The third-order valence-corrected chi connectivity index (χ3v) is 2.02. The average Bonchev–Trinajstić information content (AvgIpc) is 2.24. The Labute approximate surface area is 100 Å². The van der Waals surface area contributed by atoms with Gasteiger partial charge in [0, 0.05) is 5.54 Å². The van der Waals surface area contributed by atoms with E-state index in [2.05, 4.69) is 0 Å². The second-order valence-corrected chi connectivity index (χ2v) is 4.42. The predicted octanol–water partition coefficient (Wildman–Crippen LogP) is 1.51. The van der Waals surface area contributed by atoms with E-state index in [0.29, 0.717) is 5.75 Å². The Kier molecular flexibility index (Phi) is 3.96. The van der Waals surface area contributed by atoms with Crippen LogP contribution in [0.2, 0.25) is 0 Å². The highest BCUT2D eigenvalue weighted by molar-refractivity contribution is 5.92. The van der Waals surface area contributed by atoms with E-state index in [1.54, 1.807) is 26.0 Å². The molecular formula is C12H17NO4. The topological polar surface area (TPSA) is 81.8 Å². The summed E-state index contributed by atoms with van der Waals surface area (Å²) in [6.07, 6.45) is 0. The smallest absolute Gasteiger partial charge is 0.339 e. The number of ether oxygens (including phenoxy) is 2. The molecule has 0 bridgehead atoms. The van der Waals surface area contributed by atoms with Crippen LogP contribution in [-0.4, -0.2) is 30.3 Å². The lowest BCUT2D eigenvalue weighted by atomic mass is 10.1. The van der Waals surface area contributed by atoms with Crippen molar-refractivity contribution in [2.45, 2.75) is 19.4 Å². The zero-order chi connectivity index (χ0) is 13.1. The fraction of sp³-hybridized carbons (Fsp3) is 0.417. The third-order valence-electron chi connectivity index (χ3n) is 2.02. The third kappa shape index (κ3) is 3.64. The van der Waals surface area contributed by atoms with E-state index in [1.165, 1.54) is 13.2 Å². The van der Waals surface area contributed by atoms with Gasteiger partial charge in [-0.25, -0.2) is 4.79 Å². The Morgan fingerprint density at radius 1 is 1.47 bits per heavy atom. The molecule has 1 aromatic rings. The summed E-state index contributed by atoms with van der Waals surface area (Å²) in [4.78, 5) is 11.0. The molecule has 0 atom stereocenters. The summed E-state index contributed by atoms with van der Waals surface area (Å²) in [5, 5.41) is 9.05. The van der Waals surface area contributed by atoms with E-state index in [1.807, 2.05) is 0 Å². The van der Waals surface area contributed by atoms with Gasteiger partial charge in [-0.3, -0.25) is 0 Å². The number of aromatic carboxylic acids is 1. The van der Waals surface area contributed by atoms with Crippen molar-refractivity contribution in [2.24, 2.45) is 5.73 Å². The second-order valence-electron chi connectivity index (χ2n) is 4.42. The van der Waals surface area contributed by atoms with Crippen molar-refractivity contribution in [3.8, 4) is 11.5 Å². The van der Waals surface area contributed by atoms with Crippen molar-refractivity contribution in [3.05, 3.63) is 23.8 Å². The van der Waals surface area contributed by atoms with Crippen molar-refractivity contribution >= 4 is 5.97 Å². The van der Waals surface area contributed by atoms with E-state index in [9.17, 15) is 4.79 Å². The monoisotopic (exact) mass is 239 g/mol. The van der Waals surface area contributed by atoms with Crippen LogP contribution in [0.1, 0.15) is 24.2 Å². The standard InChI is InChI=1S/C12H17NO4/c1-12(2,13)7-17-10-8(11(14)15)5-4-6-9(10)16-3/h4-6H,7,13H2,1-3H3,(H,14,15). The van der Waals surface area contributed by atoms with E-state index >= 15 is 0 Å². The lowest BCUT2D eigenvalue weighted by molar-refractivity contribution is 0.0690. The van der Waals surface area contributed by atoms with Crippen LogP contribution in [-0.2, 0) is 0 Å². The molecule has 0 heterocycles. The molecule has 5 heteroatoms. The van der Waals surface area contributed by atoms with Gasteiger partial charge >= 0.3 is 5.97 Å². The maximum atomic E-state index is 11.0. The number of hydrogen-bond acceptors (Lipinski definition) is 4. The van der Waals surface area contributed by atoms with Crippen molar-refractivity contribution < 1.29 is 19.4 Å². The van der Waals surface area contributed by atoms with Gasteiger partial charge in [-0.2, -0.15) is 0 Å². The Hall–Kier alpha value is -1.75. The first kappa shape index (κ1) is 13.3. The van der Waals surface area contributed by atoms with Crippen LogP contribution < -0.4 is 15.2 Å². The lowest BCUT2D eigenvalue weighted by Gasteiger charge is -2.21. The number of rotatable bonds is 5. The number of methoxy groups -OCH3 is 1. The Bertz CT molecular complexity index is 409. The summed E-state index contributed by atoms with van der Waals surface area (Å²) in [6, 6.07) is 4.71. The number of hydrogen-bond donors (Lipinski definition) is 2. The highest BCUT2D eigenvalue weighted by Crippen LogP contribution is 2.31. The first-order chi connectivity index (χ1) is 7.85. The first-order valence-corrected chi connectivity index (χ1v) is 5.17. The maximum absolute atomic E-state index is 11.0. The van der Waals surface area contributed by atoms with E-state index in [-0.39, 0.29) is 17.9 Å². The zero-order valence-electron chi connectivity index (χ0n) is 10.2. The molecule has 0 saturated carbocycles. The predicted molar refractivity (Wildman–Crippen MR) is 63.7 cm³/mol. The van der Waals surface area contributed by atoms with Gasteiger partial charge in [-0.1, -0.05) is 6.07 Å². The summed E-state index contributed by atoms with van der Waals surface area (Å²) >= 11 is 0. The van der Waals surface area contributed by atoms with Gasteiger partial charge in [-0.05, 0) is 26.0 Å². The van der Waals surface area contributed by atoms with Crippen molar-refractivity contribution in [2.75, 3.05) is 13.7 Å². The highest BCUT2D eigenvalue weighted by Gasteiger charge is 2.19. The molecule has 94 valence electrons. The molecule has 0 fully saturated rings. The quantitative estimate of drug-likeness (QED) is 0.813. The van der Waals surface area contributed by atoms with Crippen LogP contribution in [0.5, 0.6) is 11.5 Å². The highest BCUT2D eigenvalue weighted by atomic mass is 16.5. The number of para-hydroxylation sites is 1. The molecular weight excluding hydrogens is 222 g/mol. The van der Waals surface area contributed by atoms with Gasteiger partial charge in [-0.15, -0.1) is 0 Å². The molecule has 1 aromatic carbocycles. The fourth-order valence-corrected chi connectivity index (χ4v) is 1.25. The number of carbonyl (C=O) groups is 1. The van der Waals surface area contributed by atoms with Crippen LogP contribution >= 0.6 is 0 Å². The zero-order valence-corrected chi connectivity index (χ0v) is 10.2. The van der Waals surface area contributed by atoms with Crippen LogP contribution in [0.15, 0.2) is 18.2 Å². The lowest BCUT2D eigenvalue weighted by Crippen LogP contribution is -2.39. The fourth-order valence-electron chi connectivity index (χ4n) is 1.25. The number of benzene rings is 1. The molecule has 17 heavy (non-hydrogen) atoms. The van der Waals surface area contributed by atoms with Gasteiger partial charge in [0.15, 0.2) is 11.5 Å². The number of carboxylic acid groups (broad SMARTS) is 1. The molecule has 0 saturated heterocycles. The summed E-state index contributed by atoms with van der Waals surface area (Å²) in [6.45, 7) is 3.79. The number of nitrogens with two attached hydrogens (primary N) is 1. The van der Waals surface area contributed by atoms with Gasteiger partial charge < -0.3 is 20.3 Å². The van der Waals surface area contributed by atoms with Gasteiger partial charge in [0.1, 0.15) is 12.2 Å². The molecule has 0 spiro atoms. The maximum Gasteiger partial charge on any atom is 0.339 e. The van der Waals surface area contributed by atoms with Crippen LogP contribution in [0, 0.1) is 0 Å². The van der Waals surface area contributed by atoms with Crippen molar-refractivity contribution in [1.29, 1.82) is 0 Å². The Morgan fingerprint density at radius 2 is 2.12 bits per heavy atom. The normalized spacial score (nSPS) is 11.1. The molecule has 0 radical (unpaired) electrons. The number of carboxylic acids is 1. The van der Waals surface area contributed by atoms with E-state index in [4.69, 9.17) is 20.3 Å². The molecule has 0 aromatic heterocycles. The first-order valence-electron chi connectivity index (χ1n) is 5.17. The minimum Gasteiger partial charge on any atom is -0.493 e. The molecule has 0 unspecified atom stereocenters. The summed E-state index contributed by atoms with van der Waals surface area (Å²) < 4.78 is 10.5. The average molecular weight is 239 g/mol. The SMILES string of the molecule is COc1cccc(C(=O)O)c1OCC(C)(C)N. The summed E-state index contributed by atoms with van der Waals surface area (Å²) in [5.41, 5.74) is 5.31. The van der Waals surface area contributed by atoms with Crippen LogP contribution in [0.25, 0.3) is 0 Å². The summed E-state index contributed by atoms with van der Waals surface area (Å²) in [5.74, 6) is -0.469. The molecule has 0 aliphatic carbocycles. The molecule has 0 amide bonds. The minimum absolute atomic E-state index is 0.0635. The van der Waals surface area contributed by atoms with Crippen molar-refractivity contribution in [1.82, 2.24) is 0 Å². The molecule has 3 N–H and O–H groups in total. The Balaban J connectivity index is 3.05. The Morgan fingerprint density at radius 3 is 2.59 bits per heavy atom. The second kappa shape index (κ2) is 5.05. The molecule has 1 rings (SSSR count). The van der Waals surface area contributed by atoms with E-state index in [0.717, 1.165) is 0 Å². The van der Waals surface area contributed by atoms with E-state index < -0.39 is 11.5 Å². The van der Waals surface area contributed by atoms with Gasteiger partial charge in [0.05, 0.1) is 7.11 Å². The van der Waals surface area contributed by atoms with Gasteiger partial charge in [0.25, 0.3) is 0 Å². The van der Waals surface area contributed by atoms with Crippen molar-refractivity contribution in [3.63, 3.8) is 0 Å². The largest absolute Gasteiger partial charge is 0.493 e. The summed E-state index contributed by atoms with van der Waals surface area (Å²) in [7, 11) is 1.46. The molecule has 5 nitrogen and oxygen atoms in total. The molecule has 0 aliphatic rings. The van der Waals surface area contributed by atoms with Crippen LogP contribution in [0.4, 0.5) is 0 Å².